The van der Waals surface area contributed by atoms with Crippen molar-refractivity contribution in [1.29, 1.82) is 0 Å². The van der Waals surface area contributed by atoms with Crippen molar-refractivity contribution in [3.63, 3.8) is 0 Å². The van der Waals surface area contributed by atoms with Crippen molar-refractivity contribution in [1.82, 2.24) is 0 Å². The van der Waals surface area contributed by atoms with Crippen LogP contribution in [0, 0.1) is 0 Å². The van der Waals surface area contributed by atoms with E-state index in [9.17, 15) is 18.0 Å². The second kappa shape index (κ2) is 10.4. The molecular weight excluding hydrogens is 448 g/mol. The molecule has 0 aromatic heterocycles. The number of anilines is 2. The van der Waals surface area contributed by atoms with Gasteiger partial charge >= 0.3 is 0 Å². The zero-order valence-electron chi connectivity index (χ0n) is 17.5. The van der Waals surface area contributed by atoms with E-state index in [-0.39, 0.29) is 24.7 Å². The average Bonchev–Trinajstić information content (AvgIpc) is 2.78. The van der Waals surface area contributed by atoms with Gasteiger partial charge in [-0.1, -0.05) is 60.1 Å². The number of amides is 1. The minimum absolute atomic E-state index is 0.0838. The number of nitrogens with one attached hydrogen (secondary N) is 1. The molecule has 3 aromatic carbocycles. The second-order valence-electron chi connectivity index (χ2n) is 7.21. The number of carbonyl (C=O) groups excluding carboxylic acids is 2. The number of rotatable bonds is 9. The van der Waals surface area contributed by atoms with Crippen LogP contribution in [0.2, 0.25) is 5.02 Å². The Labute approximate surface area is 192 Å². The topological polar surface area (TPSA) is 83.6 Å². The van der Waals surface area contributed by atoms with Gasteiger partial charge in [-0.2, -0.15) is 0 Å². The Bertz CT molecular complexity index is 1200. The van der Waals surface area contributed by atoms with Crippen molar-refractivity contribution >= 4 is 44.7 Å². The highest BCUT2D eigenvalue weighted by Crippen LogP contribution is 2.24. The van der Waals surface area contributed by atoms with E-state index in [4.69, 9.17) is 11.6 Å². The molecule has 166 valence electrons. The van der Waals surface area contributed by atoms with Gasteiger partial charge in [0.1, 0.15) is 0 Å². The minimum atomic E-state index is -3.49. The van der Waals surface area contributed by atoms with Crippen molar-refractivity contribution < 1.29 is 18.0 Å². The van der Waals surface area contributed by atoms with E-state index in [0.29, 0.717) is 33.9 Å². The summed E-state index contributed by atoms with van der Waals surface area (Å²) in [5.41, 5.74) is 1.68. The fourth-order valence-corrected chi connectivity index (χ4v) is 4.37. The number of hydrogen-bond acceptors (Lipinski definition) is 4. The SMILES string of the molecule is CS(=O)(=O)N(CCCC(=O)Nc1ccc(Cl)cc1C(=O)c1ccccc1)c1ccccc1. The van der Waals surface area contributed by atoms with Gasteiger partial charge < -0.3 is 5.32 Å². The van der Waals surface area contributed by atoms with Crippen LogP contribution in [0.4, 0.5) is 11.4 Å². The highest BCUT2D eigenvalue weighted by Gasteiger charge is 2.19. The minimum Gasteiger partial charge on any atom is -0.325 e. The summed E-state index contributed by atoms with van der Waals surface area (Å²) in [4.78, 5) is 25.4. The molecule has 1 N–H and O–H groups in total. The number of ketones is 1. The molecular formula is C24H23ClN2O4S. The molecule has 0 unspecified atom stereocenters. The normalized spacial score (nSPS) is 11.1. The molecule has 0 spiro atoms. The van der Waals surface area contributed by atoms with Crippen LogP contribution in [-0.2, 0) is 14.8 Å². The standard InChI is InChI=1S/C24H23ClN2O4S/c1-32(30,31)27(20-11-6-3-7-12-20)16-8-13-23(28)26-22-15-14-19(25)17-21(22)24(29)18-9-4-2-5-10-18/h2-7,9-12,14-15,17H,8,13,16H2,1H3,(H,26,28). The Morgan fingerprint density at radius 2 is 1.56 bits per heavy atom. The van der Waals surface area contributed by atoms with Crippen LogP contribution in [0.25, 0.3) is 0 Å². The van der Waals surface area contributed by atoms with Crippen molar-refractivity contribution in [3.05, 3.63) is 95.0 Å². The first-order chi connectivity index (χ1) is 15.3. The summed E-state index contributed by atoms with van der Waals surface area (Å²) in [6.07, 6.45) is 1.53. The van der Waals surface area contributed by atoms with Gasteiger partial charge in [-0.25, -0.2) is 8.42 Å². The molecule has 8 heteroatoms. The van der Waals surface area contributed by atoms with Crippen LogP contribution in [0.1, 0.15) is 28.8 Å². The summed E-state index contributed by atoms with van der Waals surface area (Å²) in [5.74, 6) is -0.577. The van der Waals surface area contributed by atoms with Gasteiger partial charge in [0, 0.05) is 29.1 Å². The van der Waals surface area contributed by atoms with Crippen molar-refractivity contribution in [2.75, 3.05) is 22.4 Å². The molecule has 3 aromatic rings. The van der Waals surface area contributed by atoms with Gasteiger partial charge in [-0.3, -0.25) is 13.9 Å². The zero-order chi connectivity index (χ0) is 23.1. The van der Waals surface area contributed by atoms with Crippen LogP contribution in [0.3, 0.4) is 0 Å². The lowest BCUT2D eigenvalue weighted by molar-refractivity contribution is -0.116. The molecule has 3 rings (SSSR count). The lowest BCUT2D eigenvalue weighted by Crippen LogP contribution is -2.31. The molecule has 32 heavy (non-hydrogen) atoms. The summed E-state index contributed by atoms with van der Waals surface area (Å²) in [6.45, 7) is 0.159. The van der Waals surface area contributed by atoms with E-state index in [1.807, 2.05) is 6.07 Å². The highest BCUT2D eigenvalue weighted by atomic mass is 35.5. The molecule has 0 bridgehead atoms. The number of hydrogen-bond donors (Lipinski definition) is 1. The number of carbonyl (C=O) groups is 2. The highest BCUT2D eigenvalue weighted by molar-refractivity contribution is 7.92. The molecule has 6 nitrogen and oxygen atoms in total. The fraction of sp³-hybridized carbons (Fsp3) is 0.167. The molecule has 1 amide bonds. The summed E-state index contributed by atoms with van der Waals surface area (Å²) in [6, 6.07) is 22.1. The maximum absolute atomic E-state index is 12.9. The number of sulfonamides is 1. The molecule has 0 aliphatic rings. The molecule has 0 saturated carbocycles. The van der Waals surface area contributed by atoms with E-state index in [1.165, 1.54) is 10.4 Å². The van der Waals surface area contributed by atoms with Gasteiger partial charge in [-0.15, -0.1) is 0 Å². The molecule has 0 saturated heterocycles. The van der Waals surface area contributed by atoms with Crippen LogP contribution in [0.15, 0.2) is 78.9 Å². The second-order valence-corrected chi connectivity index (χ2v) is 9.55. The lowest BCUT2D eigenvalue weighted by atomic mass is 10.0. The van der Waals surface area contributed by atoms with Crippen LogP contribution < -0.4 is 9.62 Å². The van der Waals surface area contributed by atoms with Gasteiger partial charge in [0.15, 0.2) is 5.78 Å². The molecule has 0 fully saturated rings. The third-order valence-corrected chi connectivity index (χ3v) is 6.18. The third-order valence-electron chi connectivity index (χ3n) is 4.75. The van der Waals surface area contributed by atoms with E-state index in [2.05, 4.69) is 5.32 Å². The largest absolute Gasteiger partial charge is 0.325 e. The monoisotopic (exact) mass is 470 g/mol. The first-order valence-electron chi connectivity index (χ1n) is 9.97. The van der Waals surface area contributed by atoms with Gasteiger partial charge in [0.2, 0.25) is 15.9 Å². The van der Waals surface area contributed by atoms with Crippen LogP contribution >= 0.6 is 11.6 Å². The first kappa shape index (κ1) is 23.5. The van der Waals surface area contributed by atoms with Gasteiger partial charge in [-0.05, 0) is 36.8 Å². The summed E-state index contributed by atoms with van der Waals surface area (Å²) < 4.78 is 25.6. The Kier molecular flexibility index (Phi) is 7.66. The Morgan fingerprint density at radius 1 is 0.938 bits per heavy atom. The van der Waals surface area contributed by atoms with Crippen molar-refractivity contribution in [2.45, 2.75) is 12.8 Å². The van der Waals surface area contributed by atoms with Crippen LogP contribution in [-0.4, -0.2) is 32.9 Å². The summed E-state index contributed by atoms with van der Waals surface area (Å²) in [7, 11) is -3.49. The number of nitrogens with zero attached hydrogens (tertiary/aromatic N) is 1. The molecule has 0 aliphatic carbocycles. The van der Waals surface area contributed by atoms with E-state index in [1.54, 1.807) is 66.7 Å². The van der Waals surface area contributed by atoms with Crippen LogP contribution in [0.5, 0.6) is 0 Å². The Balaban J connectivity index is 1.68. The fourth-order valence-electron chi connectivity index (χ4n) is 3.23. The van der Waals surface area contributed by atoms with Gasteiger partial charge in [0.05, 0.1) is 17.6 Å². The molecule has 0 atom stereocenters. The maximum Gasteiger partial charge on any atom is 0.232 e. The van der Waals surface area contributed by atoms with Crippen molar-refractivity contribution in [2.24, 2.45) is 0 Å². The Hall–Kier alpha value is -3.16. The predicted octanol–water partition coefficient (Wildman–Crippen LogP) is 4.76. The average molecular weight is 471 g/mol. The predicted molar refractivity (Wildman–Crippen MR) is 128 cm³/mol. The van der Waals surface area contributed by atoms with E-state index in [0.717, 1.165) is 6.26 Å². The molecule has 0 heterocycles. The molecule has 0 radical (unpaired) electrons. The quantitative estimate of drug-likeness (QED) is 0.457. The summed E-state index contributed by atoms with van der Waals surface area (Å²) >= 11 is 6.08. The third kappa shape index (κ3) is 6.18. The lowest BCUT2D eigenvalue weighted by Gasteiger charge is -2.22. The van der Waals surface area contributed by atoms with E-state index < -0.39 is 10.0 Å². The Morgan fingerprint density at radius 3 is 2.19 bits per heavy atom. The van der Waals surface area contributed by atoms with E-state index >= 15 is 0 Å². The maximum atomic E-state index is 12.9. The summed E-state index contributed by atoms with van der Waals surface area (Å²) in [5, 5.41) is 3.14. The first-order valence-corrected chi connectivity index (χ1v) is 12.2. The van der Waals surface area contributed by atoms with Crippen molar-refractivity contribution in [3.8, 4) is 0 Å². The van der Waals surface area contributed by atoms with Gasteiger partial charge in [0.25, 0.3) is 0 Å². The number of halogens is 1. The number of para-hydroxylation sites is 1. The molecule has 0 aliphatic heterocycles. The smallest absolute Gasteiger partial charge is 0.232 e. The zero-order valence-corrected chi connectivity index (χ0v) is 19.1. The number of benzene rings is 3.